The van der Waals surface area contributed by atoms with Crippen LogP contribution in [-0.4, -0.2) is 9.38 Å². The molecular weight excluding hydrogens is 295 g/mol. The summed E-state index contributed by atoms with van der Waals surface area (Å²) >= 11 is 3.44. The number of hydrogen-bond acceptors (Lipinski definition) is 1. The van der Waals surface area contributed by atoms with E-state index in [9.17, 15) is 4.39 Å². The Kier molecular flexibility index (Phi) is 2.67. The van der Waals surface area contributed by atoms with Crippen LogP contribution in [0.4, 0.5) is 4.39 Å². The highest BCUT2D eigenvalue weighted by molar-refractivity contribution is 9.10. The van der Waals surface area contributed by atoms with Crippen LogP contribution in [0.5, 0.6) is 0 Å². The van der Waals surface area contributed by atoms with Crippen LogP contribution in [-0.2, 0) is 0 Å². The average molecular weight is 305 g/mol. The highest BCUT2D eigenvalue weighted by atomic mass is 79.9. The maximum atomic E-state index is 13.3. The number of pyridine rings is 1. The Bertz CT molecular complexity index is 734. The molecule has 1 aromatic carbocycles. The summed E-state index contributed by atoms with van der Waals surface area (Å²) in [6.45, 7) is 1.75. The zero-order chi connectivity index (χ0) is 12.7. The van der Waals surface area contributed by atoms with E-state index in [1.54, 1.807) is 13.0 Å². The Labute approximate surface area is 112 Å². The number of aromatic nitrogens is 2. The fourth-order valence-electron chi connectivity index (χ4n) is 1.99. The summed E-state index contributed by atoms with van der Waals surface area (Å²) in [5, 5.41) is 0. The van der Waals surface area contributed by atoms with Crippen LogP contribution in [0.1, 0.15) is 5.56 Å². The molecule has 2 aromatic heterocycles. The van der Waals surface area contributed by atoms with E-state index in [0.717, 1.165) is 21.5 Å². The molecule has 2 nitrogen and oxygen atoms in total. The second kappa shape index (κ2) is 4.21. The highest BCUT2D eigenvalue weighted by Gasteiger charge is 2.11. The van der Waals surface area contributed by atoms with E-state index >= 15 is 0 Å². The molecule has 0 spiro atoms. The highest BCUT2D eigenvalue weighted by Crippen LogP contribution is 2.26. The fourth-order valence-corrected chi connectivity index (χ4v) is 2.48. The third kappa shape index (κ3) is 1.73. The van der Waals surface area contributed by atoms with Gasteiger partial charge in [-0.1, -0.05) is 6.07 Å². The molecule has 0 radical (unpaired) electrons. The van der Waals surface area contributed by atoms with E-state index in [0.29, 0.717) is 5.56 Å². The fraction of sp³-hybridized carbons (Fsp3) is 0.0714. The van der Waals surface area contributed by atoms with Gasteiger partial charge in [-0.15, -0.1) is 0 Å². The van der Waals surface area contributed by atoms with Gasteiger partial charge in [-0.25, -0.2) is 9.37 Å². The Balaban J connectivity index is 2.28. The normalized spacial score (nSPS) is 11.1. The standard InChI is InChI=1S/C14H10BrFN2/c1-9-8-10(5-6-11(9)16)14-17-13(15)12-4-2-3-7-18(12)14/h2-8H,1H3. The molecule has 2 heterocycles. The van der Waals surface area contributed by atoms with Crippen molar-refractivity contribution in [1.82, 2.24) is 9.38 Å². The minimum Gasteiger partial charge on any atom is -0.299 e. The SMILES string of the molecule is Cc1cc(-c2nc(Br)c3ccccn23)ccc1F. The van der Waals surface area contributed by atoms with Gasteiger partial charge in [0.25, 0.3) is 0 Å². The lowest BCUT2D eigenvalue weighted by Crippen LogP contribution is -1.90. The summed E-state index contributed by atoms with van der Waals surface area (Å²) in [4.78, 5) is 4.49. The Hall–Kier alpha value is -1.68. The molecule has 0 atom stereocenters. The summed E-state index contributed by atoms with van der Waals surface area (Å²) in [6, 6.07) is 10.9. The predicted octanol–water partition coefficient (Wildman–Crippen LogP) is 4.21. The van der Waals surface area contributed by atoms with E-state index in [4.69, 9.17) is 0 Å². The number of halogens is 2. The number of imidazole rings is 1. The van der Waals surface area contributed by atoms with Gasteiger partial charge in [-0.2, -0.15) is 0 Å². The van der Waals surface area contributed by atoms with Crippen molar-refractivity contribution in [1.29, 1.82) is 0 Å². The number of nitrogens with zero attached hydrogens (tertiary/aromatic N) is 2. The lowest BCUT2D eigenvalue weighted by molar-refractivity contribution is 0.618. The van der Waals surface area contributed by atoms with Crippen LogP contribution in [0, 0.1) is 12.7 Å². The van der Waals surface area contributed by atoms with E-state index in [2.05, 4.69) is 20.9 Å². The Morgan fingerprint density at radius 3 is 2.83 bits per heavy atom. The summed E-state index contributed by atoms with van der Waals surface area (Å²) in [6.07, 6.45) is 1.95. The van der Waals surface area contributed by atoms with Crippen LogP contribution in [0.15, 0.2) is 47.2 Å². The van der Waals surface area contributed by atoms with Crippen molar-refractivity contribution in [2.75, 3.05) is 0 Å². The smallest absolute Gasteiger partial charge is 0.145 e. The molecule has 90 valence electrons. The van der Waals surface area contributed by atoms with Crippen molar-refractivity contribution in [2.24, 2.45) is 0 Å². The largest absolute Gasteiger partial charge is 0.299 e. The first-order chi connectivity index (χ1) is 8.66. The van der Waals surface area contributed by atoms with Crippen molar-refractivity contribution >= 4 is 21.4 Å². The predicted molar refractivity (Wildman–Crippen MR) is 73.0 cm³/mol. The molecule has 0 amide bonds. The zero-order valence-electron chi connectivity index (χ0n) is 9.69. The van der Waals surface area contributed by atoms with Gasteiger partial charge in [0, 0.05) is 11.8 Å². The third-order valence-corrected chi connectivity index (χ3v) is 3.50. The quantitative estimate of drug-likeness (QED) is 0.658. The molecule has 0 bridgehead atoms. The number of benzene rings is 1. The molecule has 18 heavy (non-hydrogen) atoms. The van der Waals surface area contributed by atoms with Crippen molar-refractivity contribution < 1.29 is 4.39 Å². The first-order valence-corrected chi connectivity index (χ1v) is 6.35. The molecule has 0 aliphatic rings. The average Bonchev–Trinajstić information content (AvgIpc) is 2.71. The topological polar surface area (TPSA) is 17.3 Å². The number of hydrogen-bond donors (Lipinski definition) is 0. The molecule has 0 aliphatic carbocycles. The molecule has 0 unspecified atom stereocenters. The summed E-state index contributed by atoms with van der Waals surface area (Å²) < 4.78 is 16.1. The molecule has 0 saturated carbocycles. The lowest BCUT2D eigenvalue weighted by Gasteiger charge is -2.03. The minimum atomic E-state index is -0.196. The van der Waals surface area contributed by atoms with Crippen LogP contribution < -0.4 is 0 Å². The molecule has 0 saturated heterocycles. The Morgan fingerprint density at radius 2 is 2.06 bits per heavy atom. The van der Waals surface area contributed by atoms with Crippen LogP contribution in [0.2, 0.25) is 0 Å². The van der Waals surface area contributed by atoms with E-state index in [1.165, 1.54) is 6.07 Å². The zero-order valence-corrected chi connectivity index (χ0v) is 11.3. The molecule has 0 fully saturated rings. The van der Waals surface area contributed by atoms with E-state index < -0.39 is 0 Å². The summed E-state index contributed by atoms with van der Waals surface area (Å²) in [7, 11) is 0. The van der Waals surface area contributed by atoms with Gasteiger partial charge in [0.15, 0.2) is 0 Å². The second-order valence-corrected chi connectivity index (χ2v) is 4.90. The van der Waals surface area contributed by atoms with Gasteiger partial charge in [-0.05, 0) is 58.7 Å². The second-order valence-electron chi connectivity index (χ2n) is 4.15. The first-order valence-electron chi connectivity index (χ1n) is 5.56. The van der Waals surface area contributed by atoms with Gasteiger partial charge in [0.1, 0.15) is 16.2 Å². The third-order valence-electron chi connectivity index (χ3n) is 2.92. The van der Waals surface area contributed by atoms with Gasteiger partial charge >= 0.3 is 0 Å². The summed E-state index contributed by atoms with van der Waals surface area (Å²) in [5.41, 5.74) is 2.52. The van der Waals surface area contributed by atoms with Crippen LogP contribution in [0.25, 0.3) is 16.9 Å². The lowest BCUT2D eigenvalue weighted by atomic mass is 10.1. The molecule has 3 rings (SSSR count). The minimum absolute atomic E-state index is 0.196. The maximum absolute atomic E-state index is 13.3. The Morgan fingerprint density at radius 1 is 1.22 bits per heavy atom. The summed E-state index contributed by atoms with van der Waals surface area (Å²) in [5.74, 6) is 0.610. The number of aryl methyl sites for hydroxylation is 1. The van der Waals surface area contributed by atoms with Gasteiger partial charge in [0.2, 0.25) is 0 Å². The molecule has 3 aromatic rings. The van der Waals surface area contributed by atoms with Gasteiger partial charge in [0.05, 0.1) is 5.52 Å². The molecule has 0 N–H and O–H groups in total. The van der Waals surface area contributed by atoms with Crippen molar-refractivity contribution in [3.63, 3.8) is 0 Å². The van der Waals surface area contributed by atoms with Crippen LogP contribution in [0.3, 0.4) is 0 Å². The molecule has 0 aliphatic heterocycles. The van der Waals surface area contributed by atoms with Crippen molar-refractivity contribution in [2.45, 2.75) is 6.92 Å². The molecule has 4 heteroatoms. The first kappa shape index (κ1) is 11.4. The monoisotopic (exact) mass is 304 g/mol. The van der Waals surface area contributed by atoms with Gasteiger partial charge in [-0.3, -0.25) is 4.40 Å². The number of fused-ring (bicyclic) bond motifs is 1. The van der Waals surface area contributed by atoms with Crippen LogP contribution >= 0.6 is 15.9 Å². The van der Waals surface area contributed by atoms with Gasteiger partial charge < -0.3 is 0 Å². The van der Waals surface area contributed by atoms with Crippen molar-refractivity contribution in [3.05, 3.63) is 58.6 Å². The maximum Gasteiger partial charge on any atom is 0.145 e. The number of rotatable bonds is 1. The van der Waals surface area contributed by atoms with E-state index in [1.807, 2.05) is 34.9 Å². The van der Waals surface area contributed by atoms with Crippen molar-refractivity contribution in [3.8, 4) is 11.4 Å². The molecular formula is C14H10BrFN2. The van der Waals surface area contributed by atoms with E-state index in [-0.39, 0.29) is 5.82 Å².